The molecule has 0 aliphatic rings. The van der Waals surface area contributed by atoms with E-state index in [1.165, 1.54) is 16.9 Å². The summed E-state index contributed by atoms with van der Waals surface area (Å²) in [5.41, 5.74) is 1.48. The summed E-state index contributed by atoms with van der Waals surface area (Å²) in [6.45, 7) is 3.74. The Labute approximate surface area is 99.5 Å². The minimum absolute atomic E-state index is 0.287. The van der Waals surface area contributed by atoms with Crippen LogP contribution in [0.3, 0.4) is 0 Å². The molecule has 1 heterocycles. The highest BCUT2D eigenvalue weighted by atomic mass is 19.1. The van der Waals surface area contributed by atoms with Crippen molar-refractivity contribution >= 4 is 0 Å². The van der Waals surface area contributed by atoms with Crippen molar-refractivity contribution in [1.82, 2.24) is 20.3 Å². The van der Waals surface area contributed by atoms with Crippen LogP contribution in [0.4, 0.5) is 4.39 Å². The number of rotatable bonds is 5. The van der Waals surface area contributed by atoms with Gasteiger partial charge in [0.05, 0.1) is 17.6 Å². The van der Waals surface area contributed by atoms with Crippen LogP contribution in [-0.4, -0.2) is 21.5 Å². The first-order valence-corrected chi connectivity index (χ1v) is 5.67. The zero-order chi connectivity index (χ0) is 12.1. The van der Waals surface area contributed by atoms with E-state index < -0.39 is 0 Å². The van der Waals surface area contributed by atoms with Gasteiger partial charge in [0, 0.05) is 12.6 Å². The van der Waals surface area contributed by atoms with Crippen molar-refractivity contribution in [2.45, 2.75) is 19.9 Å². The van der Waals surface area contributed by atoms with Crippen LogP contribution >= 0.6 is 0 Å². The zero-order valence-corrected chi connectivity index (χ0v) is 9.73. The van der Waals surface area contributed by atoms with E-state index in [-0.39, 0.29) is 5.82 Å². The zero-order valence-electron chi connectivity index (χ0n) is 9.73. The van der Waals surface area contributed by atoms with Crippen molar-refractivity contribution < 1.29 is 4.39 Å². The first kappa shape index (κ1) is 11.7. The average molecular weight is 234 g/mol. The number of nitrogens with one attached hydrogen (secondary N) is 1. The van der Waals surface area contributed by atoms with Crippen LogP contribution in [0.5, 0.6) is 0 Å². The van der Waals surface area contributed by atoms with Gasteiger partial charge in [0.2, 0.25) is 0 Å². The molecule has 90 valence electrons. The number of aromatic nitrogens is 3. The van der Waals surface area contributed by atoms with Crippen molar-refractivity contribution in [1.29, 1.82) is 0 Å². The Morgan fingerprint density at radius 3 is 3.06 bits per heavy atom. The molecular weight excluding hydrogens is 219 g/mol. The molecule has 0 radical (unpaired) electrons. The summed E-state index contributed by atoms with van der Waals surface area (Å²) in [7, 11) is 0. The van der Waals surface area contributed by atoms with Gasteiger partial charge in [-0.3, -0.25) is 0 Å². The first-order chi connectivity index (χ1) is 8.29. The van der Waals surface area contributed by atoms with Gasteiger partial charge < -0.3 is 5.32 Å². The van der Waals surface area contributed by atoms with Crippen LogP contribution in [0, 0.1) is 5.82 Å². The van der Waals surface area contributed by atoms with Crippen molar-refractivity contribution in [3.63, 3.8) is 0 Å². The van der Waals surface area contributed by atoms with E-state index in [9.17, 15) is 4.39 Å². The predicted octanol–water partition coefficient (Wildman–Crippen LogP) is 1.91. The molecule has 17 heavy (non-hydrogen) atoms. The average Bonchev–Trinajstić information content (AvgIpc) is 2.78. The summed E-state index contributed by atoms with van der Waals surface area (Å²) in [4.78, 5) is 1.44. The molecule has 4 nitrogen and oxygen atoms in total. The highest BCUT2D eigenvalue weighted by Gasteiger charge is 2.03. The fourth-order valence-electron chi connectivity index (χ4n) is 1.49. The summed E-state index contributed by atoms with van der Waals surface area (Å²) < 4.78 is 13.0. The maximum absolute atomic E-state index is 13.0. The molecule has 2 rings (SSSR count). The van der Waals surface area contributed by atoms with Crippen LogP contribution in [0.2, 0.25) is 0 Å². The summed E-state index contributed by atoms with van der Waals surface area (Å²) >= 11 is 0. The van der Waals surface area contributed by atoms with Gasteiger partial charge in [0.15, 0.2) is 0 Å². The molecule has 0 saturated carbocycles. The predicted molar refractivity (Wildman–Crippen MR) is 63.3 cm³/mol. The quantitative estimate of drug-likeness (QED) is 0.803. The lowest BCUT2D eigenvalue weighted by Crippen LogP contribution is -2.14. The minimum Gasteiger partial charge on any atom is -0.311 e. The maximum Gasteiger partial charge on any atom is 0.125 e. The second kappa shape index (κ2) is 5.54. The molecule has 0 unspecified atom stereocenters. The number of nitrogens with zero attached hydrogens (tertiary/aromatic N) is 3. The highest BCUT2D eigenvalue weighted by molar-refractivity contribution is 5.29. The smallest absolute Gasteiger partial charge is 0.125 e. The van der Waals surface area contributed by atoms with Gasteiger partial charge in [-0.25, -0.2) is 4.39 Å². The molecule has 0 aliphatic carbocycles. The first-order valence-electron chi connectivity index (χ1n) is 5.67. The van der Waals surface area contributed by atoms with Gasteiger partial charge in [-0.15, -0.1) is 0 Å². The lowest BCUT2D eigenvalue weighted by Gasteiger charge is -1.99. The minimum atomic E-state index is -0.287. The Hall–Kier alpha value is -1.75. The number of hydrogen-bond acceptors (Lipinski definition) is 3. The normalized spacial score (nSPS) is 10.7. The Morgan fingerprint density at radius 1 is 1.41 bits per heavy atom. The molecule has 0 atom stereocenters. The molecule has 1 aromatic heterocycles. The third-order valence-corrected chi connectivity index (χ3v) is 2.31. The lowest BCUT2D eigenvalue weighted by atomic mass is 10.3. The third-order valence-electron chi connectivity index (χ3n) is 2.31. The van der Waals surface area contributed by atoms with Crippen molar-refractivity contribution in [2.24, 2.45) is 0 Å². The molecule has 2 aromatic rings. The molecule has 0 aliphatic heterocycles. The van der Waals surface area contributed by atoms with Crippen molar-refractivity contribution in [3.8, 4) is 5.69 Å². The van der Waals surface area contributed by atoms with Crippen LogP contribution in [0.25, 0.3) is 5.69 Å². The third kappa shape index (κ3) is 3.10. The van der Waals surface area contributed by atoms with Gasteiger partial charge in [-0.2, -0.15) is 15.0 Å². The summed E-state index contributed by atoms with van der Waals surface area (Å²) in [5, 5.41) is 11.6. The van der Waals surface area contributed by atoms with Gasteiger partial charge in [-0.1, -0.05) is 13.0 Å². The fourth-order valence-corrected chi connectivity index (χ4v) is 1.49. The fraction of sp³-hybridized carbons (Fsp3) is 0.333. The van der Waals surface area contributed by atoms with E-state index in [1.807, 2.05) is 0 Å². The highest BCUT2D eigenvalue weighted by Crippen LogP contribution is 2.07. The van der Waals surface area contributed by atoms with Crippen LogP contribution in [-0.2, 0) is 6.54 Å². The lowest BCUT2D eigenvalue weighted by molar-refractivity contribution is 0.620. The molecular formula is C12H15FN4. The Morgan fingerprint density at radius 2 is 2.29 bits per heavy atom. The molecule has 5 heteroatoms. The summed E-state index contributed by atoms with van der Waals surface area (Å²) in [5.74, 6) is -0.287. The van der Waals surface area contributed by atoms with E-state index >= 15 is 0 Å². The van der Waals surface area contributed by atoms with E-state index in [2.05, 4.69) is 22.4 Å². The summed E-state index contributed by atoms with van der Waals surface area (Å²) in [6, 6.07) is 6.22. The van der Waals surface area contributed by atoms with E-state index in [0.29, 0.717) is 12.2 Å². The Bertz CT molecular complexity index is 481. The molecule has 1 N–H and O–H groups in total. The second-order valence-corrected chi connectivity index (χ2v) is 3.78. The van der Waals surface area contributed by atoms with Crippen LogP contribution in [0.15, 0.2) is 30.5 Å². The van der Waals surface area contributed by atoms with Crippen molar-refractivity contribution in [2.75, 3.05) is 6.54 Å². The number of halogens is 1. The van der Waals surface area contributed by atoms with Crippen LogP contribution < -0.4 is 5.32 Å². The largest absolute Gasteiger partial charge is 0.311 e. The number of benzene rings is 1. The standard InChI is InChI=1S/C12H15FN4/c1-2-6-14-8-11-9-15-17(16-11)12-5-3-4-10(13)7-12/h3-5,7,9,14H,2,6,8H2,1H3. The molecule has 0 amide bonds. The Balaban J connectivity index is 2.07. The molecule has 1 aromatic carbocycles. The SMILES string of the molecule is CCCNCc1cnn(-c2cccc(F)c2)n1. The topological polar surface area (TPSA) is 42.7 Å². The maximum atomic E-state index is 13.0. The van der Waals surface area contributed by atoms with Gasteiger partial charge in [0.1, 0.15) is 5.82 Å². The van der Waals surface area contributed by atoms with E-state index in [0.717, 1.165) is 18.7 Å². The molecule has 0 spiro atoms. The number of hydrogen-bond donors (Lipinski definition) is 1. The summed E-state index contributed by atoms with van der Waals surface area (Å²) in [6.07, 6.45) is 2.77. The van der Waals surface area contributed by atoms with E-state index in [4.69, 9.17) is 0 Å². The Kier molecular flexibility index (Phi) is 3.82. The molecule has 0 saturated heterocycles. The van der Waals surface area contributed by atoms with E-state index in [1.54, 1.807) is 18.3 Å². The van der Waals surface area contributed by atoms with Crippen molar-refractivity contribution in [3.05, 3.63) is 42.0 Å². The van der Waals surface area contributed by atoms with Gasteiger partial charge >= 0.3 is 0 Å². The molecule has 0 bridgehead atoms. The van der Waals surface area contributed by atoms with Gasteiger partial charge in [-0.05, 0) is 25.1 Å². The molecule has 0 fully saturated rings. The second-order valence-electron chi connectivity index (χ2n) is 3.78. The van der Waals surface area contributed by atoms with Crippen LogP contribution in [0.1, 0.15) is 19.0 Å². The van der Waals surface area contributed by atoms with Gasteiger partial charge in [0.25, 0.3) is 0 Å². The monoisotopic (exact) mass is 234 g/mol.